The lowest BCUT2D eigenvalue weighted by Gasteiger charge is -2.16. The third kappa shape index (κ3) is 3.54. The van der Waals surface area contributed by atoms with Gasteiger partial charge in [0.1, 0.15) is 10.7 Å². The molecule has 0 saturated carbocycles. The van der Waals surface area contributed by atoms with Gasteiger partial charge in [0.15, 0.2) is 0 Å². The fraction of sp³-hybridized carbons (Fsp3) is 0.154. The number of benzene rings is 1. The highest BCUT2D eigenvalue weighted by Crippen LogP contribution is 2.21. The third-order valence-corrected chi connectivity index (χ3v) is 4.50. The van der Waals surface area contributed by atoms with Crippen LogP contribution in [-0.2, 0) is 10.0 Å². The zero-order valence-corrected chi connectivity index (χ0v) is 12.1. The summed E-state index contributed by atoms with van der Waals surface area (Å²) in [6.07, 6.45) is 2.63. The number of nitrogens with zero attached hydrogens (tertiary/aromatic N) is 1. The van der Waals surface area contributed by atoms with Crippen LogP contribution < -0.4 is 16.0 Å². The van der Waals surface area contributed by atoms with Gasteiger partial charge in [0.2, 0.25) is 10.0 Å². The molecule has 0 aliphatic rings. The van der Waals surface area contributed by atoms with Gasteiger partial charge in [0.25, 0.3) is 0 Å². The molecule has 0 spiro atoms. The number of pyridine rings is 1. The van der Waals surface area contributed by atoms with Crippen LogP contribution in [0.5, 0.6) is 0 Å². The molecule has 0 bridgehead atoms. The second kappa shape index (κ2) is 6.17. The van der Waals surface area contributed by atoms with E-state index >= 15 is 0 Å². The largest absolute Gasteiger partial charge is 0.323 e. The van der Waals surface area contributed by atoms with Crippen molar-refractivity contribution in [2.75, 3.05) is 5.43 Å². The van der Waals surface area contributed by atoms with Crippen molar-refractivity contribution in [3.05, 3.63) is 54.1 Å². The van der Waals surface area contributed by atoms with Crippen molar-refractivity contribution >= 4 is 15.7 Å². The molecule has 21 heavy (non-hydrogen) atoms. The highest BCUT2D eigenvalue weighted by Gasteiger charge is 2.21. The van der Waals surface area contributed by atoms with Crippen LogP contribution in [0.25, 0.3) is 0 Å². The van der Waals surface area contributed by atoms with Crippen LogP contribution in [0.15, 0.2) is 47.6 Å². The van der Waals surface area contributed by atoms with Gasteiger partial charge in [-0.2, -0.15) is 0 Å². The number of nitrogens with one attached hydrogen (secondary N) is 2. The predicted octanol–water partition coefficient (Wildman–Crippen LogP) is 1.55. The number of halogens is 1. The van der Waals surface area contributed by atoms with E-state index in [1.165, 1.54) is 42.7 Å². The molecule has 1 aromatic carbocycles. The monoisotopic (exact) mass is 310 g/mol. The van der Waals surface area contributed by atoms with Gasteiger partial charge >= 0.3 is 0 Å². The average molecular weight is 310 g/mol. The molecule has 8 heteroatoms. The van der Waals surface area contributed by atoms with Gasteiger partial charge in [-0.25, -0.2) is 17.5 Å². The number of rotatable bonds is 5. The molecular formula is C13H15FN4O2S. The first kappa shape index (κ1) is 15.4. The zero-order valence-electron chi connectivity index (χ0n) is 11.2. The van der Waals surface area contributed by atoms with Crippen molar-refractivity contribution in [3.8, 4) is 0 Å². The molecule has 0 amide bonds. The maximum Gasteiger partial charge on any atom is 0.244 e. The van der Waals surface area contributed by atoms with Crippen LogP contribution in [0.2, 0.25) is 0 Å². The lowest BCUT2D eigenvalue weighted by molar-refractivity contribution is 0.566. The van der Waals surface area contributed by atoms with Crippen molar-refractivity contribution in [2.24, 2.45) is 5.84 Å². The number of anilines is 1. The van der Waals surface area contributed by atoms with Crippen LogP contribution in [0, 0.1) is 5.82 Å². The number of sulfonamides is 1. The van der Waals surface area contributed by atoms with Crippen LogP contribution in [0.3, 0.4) is 0 Å². The molecule has 4 N–H and O–H groups in total. The SMILES string of the molecule is CC(NS(=O)(=O)c1cnccc1NN)c1ccc(F)cc1. The van der Waals surface area contributed by atoms with Crippen molar-refractivity contribution in [1.29, 1.82) is 0 Å². The van der Waals surface area contributed by atoms with E-state index in [2.05, 4.69) is 15.1 Å². The standard InChI is InChI=1S/C13H15FN4O2S/c1-9(10-2-4-11(14)5-3-10)18-21(19,20)13-8-16-7-6-12(13)17-15/h2-9,18H,15H2,1H3,(H,16,17). The molecule has 0 radical (unpaired) electrons. The highest BCUT2D eigenvalue weighted by atomic mass is 32.2. The zero-order chi connectivity index (χ0) is 15.5. The Morgan fingerprint density at radius 1 is 1.24 bits per heavy atom. The van der Waals surface area contributed by atoms with E-state index < -0.39 is 16.1 Å². The van der Waals surface area contributed by atoms with E-state index in [1.807, 2.05) is 0 Å². The molecule has 0 fully saturated rings. The maximum atomic E-state index is 12.9. The van der Waals surface area contributed by atoms with E-state index in [4.69, 9.17) is 5.84 Å². The predicted molar refractivity (Wildman–Crippen MR) is 77.2 cm³/mol. The number of hydrogen-bond acceptors (Lipinski definition) is 5. The topological polar surface area (TPSA) is 97.1 Å². The minimum absolute atomic E-state index is 0.0542. The first-order valence-electron chi connectivity index (χ1n) is 6.12. The molecule has 1 unspecified atom stereocenters. The smallest absolute Gasteiger partial charge is 0.244 e. The van der Waals surface area contributed by atoms with Crippen LogP contribution in [0.1, 0.15) is 18.5 Å². The summed E-state index contributed by atoms with van der Waals surface area (Å²) in [5.74, 6) is 4.92. The van der Waals surface area contributed by atoms with Gasteiger partial charge < -0.3 is 5.43 Å². The van der Waals surface area contributed by atoms with Gasteiger partial charge in [0, 0.05) is 18.4 Å². The molecule has 2 aromatic rings. The highest BCUT2D eigenvalue weighted by molar-refractivity contribution is 7.89. The van der Waals surface area contributed by atoms with Gasteiger partial charge in [0.05, 0.1) is 5.69 Å². The molecular weight excluding hydrogens is 295 g/mol. The Labute approximate surface area is 122 Å². The van der Waals surface area contributed by atoms with Crippen molar-refractivity contribution < 1.29 is 12.8 Å². The van der Waals surface area contributed by atoms with Gasteiger partial charge in [-0.05, 0) is 30.7 Å². The normalized spacial score (nSPS) is 12.9. The Hall–Kier alpha value is -2.03. The molecule has 0 aliphatic heterocycles. The van der Waals surface area contributed by atoms with Crippen LogP contribution >= 0.6 is 0 Å². The number of hydrogen-bond donors (Lipinski definition) is 3. The Morgan fingerprint density at radius 3 is 2.52 bits per heavy atom. The van der Waals surface area contributed by atoms with E-state index in [9.17, 15) is 12.8 Å². The molecule has 6 nitrogen and oxygen atoms in total. The molecule has 112 valence electrons. The Kier molecular flexibility index (Phi) is 4.51. The summed E-state index contributed by atoms with van der Waals surface area (Å²) in [7, 11) is -3.81. The molecule has 0 aliphatic carbocycles. The minimum Gasteiger partial charge on any atom is -0.323 e. The van der Waals surface area contributed by atoms with Gasteiger partial charge in [-0.3, -0.25) is 10.8 Å². The van der Waals surface area contributed by atoms with Crippen molar-refractivity contribution in [3.63, 3.8) is 0 Å². The Balaban J connectivity index is 2.26. The lowest BCUT2D eigenvalue weighted by atomic mass is 10.1. The average Bonchev–Trinajstić information content (AvgIpc) is 2.47. The molecule has 1 atom stereocenters. The molecule has 1 aromatic heterocycles. The summed E-state index contributed by atoms with van der Waals surface area (Å²) >= 11 is 0. The number of nitrogens with two attached hydrogens (primary N) is 1. The summed E-state index contributed by atoms with van der Waals surface area (Å²) < 4.78 is 40.1. The Bertz CT molecular complexity index is 719. The van der Waals surface area contributed by atoms with E-state index in [1.54, 1.807) is 6.92 Å². The summed E-state index contributed by atoms with van der Waals surface area (Å²) in [5, 5.41) is 0. The number of hydrazine groups is 1. The quantitative estimate of drug-likeness (QED) is 0.575. The first-order valence-corrected chi connectivity index (χ1v) is 7.61. The third-order valence-electron chi connectivity index (χ3n) is 2.93. The second-order valence-corrected chi connectivity index (χ2v) is 6.09. The second-order valence-electron chi connectivity index (χ2n) is 4.41. The number of aromatic nitrogens is 1. The molecule has 1 heterocycles. The van der Waals surface area contributed by atoms with Crippen molar-refractivity contribution in [2.45, 2.75) is 17.9 Å². The van der Waals surface area contributed by atoms with Crippen molar-refractivity contribution in [1.82, 2.24) is 9.71 Å². The van der Waals surface area contributed by atoms with Gasteiger partial charge in [-0.1, -0.05) is 12.1 Å². The van der Waals surface area contributed by atoms with Crippen LogP contribution in [0.4, 0.5) is 10.1 Å². The molecule has 0 saturated heterocycles. The van der Waals surface area contributed by atoms with Gasteiger partial charge in [-0.15, -0.1) is 0 Å². The summed E-state index contributed by atoms with van der Waals surface area (Å²) in [5.41, 5.74) is 3.20. The maximum absolute atomic E-state index is 12.9. The summed E-state index contributed by atoms with van der Waals surface area (Å²) in [4.78, 5) is 3.73. The lowest BCUT2D eigenvalue weighted by Crippen LogP contribution is -2.28. The van der Waals surface area contributed by atoms with E-state index in [0.717, 1.165) is 0 Å². The first-order chi connectivity index (χ1) is 9.94. The summed E-state index contributed by atoms with van der Waals surface area (Å²) in [6.45, 7) is 1.66. The summed E-state index contributed by atoms with van der Waals surface area (Å²) in [6, 6.07) is 6.52. The van der Waals surface area contributed by atoms with E-state index in [0.29, 0.717) is 5.56 Å². The molecule has 2 rings (SSSR count). The Morgan fingerprint density at radius 2 is 1.90 bits per heavy atom. The van der Waals surface area contributed by atoms with E-state index in [-0.39, 0.29) is 16.4 Å². The fourth-order valence-electron chi connectivity index (χ4n) is 1.83. The van der Waals surface area contributed by atoms with Crippen LogP contribution in [-0.4, -0.2) is 13.4 Å². The number of nitrogen functional groups attached to an aromatic ring is 1. The minimum atomic E-state index is -3.81. The fourth-order valence-corrected chi connectivity index (χ4v) is 3.17.